The van der Waals surface area contributed by atoms with Gasteiger partial charge in [0.25, 0.3) is 5.91 Å². The molecule has 1 unspecified atom stereocenters. The maximum atomic E-state index is 13.0. The first kappa shape index (κ1) is 20.1. The number of piperazine rings is 1. The van der Waals surface area contributed by atoms with Crippen molar-refractivity contribution in [3.8, 4) is 11.4 Å². The highest BCUT2D eigenvalue weighted by atomic mass is 16.5. The van der Waals surface area contributed by atoms with Crippen LogP contribution in [0.4, 0.5) is 0 Å². The van der Waals surface area contributed by atoms with Crippen molar-refractivity contribution in [2.45, 2.75) is 13.0 Å². The highest BCUT2D eigenvalue weighted by Gasteiger charge is 2.29. The first-order valence-corrected chi connectivity index (χ1v) is 10.6. The Morgan fingerprint density at radius 2 is 1.72 bits per heavy atom. The number of aromatic nitrogens is 2. The molecule has 1 aliphatic rings. The van der Waals surface area contributed by atoms with Gasteiger partial charge in [-0.15, -0.1) is 0 Å². The van der Waals surface area contributed by atoms with Gasteiger partial charge >= 0.3 is 5.63 Å². The molecule has 0 bridgehead atoms. The summed E-state index contributed by atoms with van der Waals surface area (Å²) < 4.78 is 10.8. The lowest BCUT2D eigenvalue weighted by Gasteiger charge is -2.36. The largest absolute Gasteiger partial charge is 0.422 e. The summed E-state index contributed by atoms with van der Waals surface area (Å²) in [6.45, 7) is 4.27. The average molecular weight is 430 g/mol. The Labute approximate surface area is 184 Å². The van der Waals surface area contributed by atoms with Gasteiger partial charge < -0.3 is 13.8 Å². The van der Waals surface area contributed by atoms with Crippen molar-refractivity contribution in [3.63, 3.8) is 0 Å². The van der Waals surface area contributed by atoms with Gasteiger partial charge in [0.05, 0.1) is 6.04 Å². The predicted octanol–water partition coefficient (Wildman–Crippen LogP) is 3.36. The van der Waals surface area contributed by atoms with Crippen molar-refractivity contribution in [1.29, 1.82) is 0 Å². The molecule has 0 N–H and O–H groups in total. The van der Waals surface area contributed by atoms with Gasteiger partial charge in [0.2, 0.25) is 11.7 Å². The normalized spacial score (nSPS) is 15.7. The molecule has 162 valence electrons. The summed E-state index contributed by atoms with van der Waals surface area (Å²) in [5.41, 5.74) is 0.833. The van der Waals surface area contributed by atoms with Crippen LogP contribution in [-0.4, -0.2) is 52.0 Å². The number of para-hydroxylation sites is 1. The molecular formula is C24H22N4O4. The van der Waals surface area contributed by atoms with Crippen LogP contribution in [0.1, 0.15) is 29.2 Å². The Balaban J connectivity index is 1.26. The van der Waals surface area contributed by atoms with Gasteiger partial charge in [0, 0.05) is 37.1 Å². The molecular weight excluding hydrogens is 408 g/mol. The molecule has 1 saturated heterocycles. The van der Waals surface area contributed by atoms with E-state index >= 15 is 0 Å². The molecule has 2 aromatic carbocycles. The smallest absolute Gasteiger partial charge is 0.349 e. The second-order valence-corrected chi connectivity index (χ2v) is 7.81. The molecule has 1 fully saturated rings. The standard InChI is InChI=1S/C24H22N4O4/c1-16(22-25-21(26-32-22)17-7-3-2-4-8-17)27-11-13-28(14-12-27)23(29)19-15-18-9-5-6-10-20(18)31-24(19)30/h2-10,15-16H,11-14H2,1H3. The summed E-state index contributed by atoms with van der Waals surface area (Å²) in [7, 11) is 0. The third-order valence-corrected chi connectivity index (χ3v) is 5.85. The molecule has 1 atom stereocenters. The number of benzene rings is 2. The van der Waals surface area contributed by atoms with Crippen LogP contribution < -0.4 is 5.63 Å². The second-order valence-electron chi connectivity index (χ2n) is 7.81. The zero-order valence-electron chi connectivity index (χ0n) is 17.6. The zero-order chi connectivity index (χ0) is 22.1. The number of amides is 1. The topological polar surface area (TPSA) is 92.7 Å². The van der Waals surface area contributed by atoms with Crippen LogP contribution in [0, 0.1) is 0 Å². The summed E-state index contributed by atoms with van der Waals surface area (Å²) in [5.74, 6) is 0.795. The minimum Gasteiger partial charge on any atom is -0.422 e. The molecule has 2 aromatic heterocycles. The van der Waals surface area contributed by atoms with Crippen LogP contribution >= 0.6 is 0 Å². The van der Waals surface area contributed by atoms with Crippen molar-refractivity contribution in [2.24, 2.45) is 0 Å². The van der Waals surface area contributed by atoms with Crippen molar-refractivity contribution in [3.05, 3.63) is 82.5 Å². The molecule has 8 heteroatoms. The molecule has 5 rings (SSSR count). The van der Waals surface area contributed by atoms with E-state index in [9.17, 15) is 9.59 Å². The van der Waals surface area contributed by atoms with E-state index in [2.05, 4.69) is 15.0 Å². The summed E-state index contributed by atoms with van der Waals surface area (Å²) in [5, 5.41) is 4.83. The van der Waals surface area contributed by atoms with Gasteiger partial charge in [-0.25, -0.2) is 4.79 Å². The van der Waals surface area contributed by atoms with E-state index in [-0.39, 0.29) is 17.5 Å². The Hall–Kier alpha value is -3.78. The van der Waals surface area contributed by atoms with Gasteiger partial charge in [0.15, 0.2) is 0 Å². The van der Waals surface area contributed by atoms with Gasteiger partial charge in [-0.1, -0.05) is 53.7 Å². The molecule has 32 heavy (non-hydrogen) atoms. The highest BCUT2D eigenvalue weighted by molar-refractivity contribution is 5.96. The lowest BCUT2D eigenvalue weighted by molar-refractivity contribution is 0.0548. The Bertz CT molecular complexity index is 1310. The lowest BCUT2D eigenvalue weighted by Crippen LogP contribution is -2.50. The van der Waals surface area contributed by atoms with Crippen LogP contribution in [0.2, 0.25) is 0 Å². The minimum absolute atomic E-state index is 0.0644. The average Bonchev–Trinajstić information content (AvgIpc) is 3.34. The maximum Gasteiger partial charge on any atom is 0.349 e. The Kier molecular flexibility index (Phi) is 5.28. The third-order valence-electron chi connectivity index (χ3n) is 5.85. The van der Waals surface area contributed by atoms with Crippen LogP contribution in [0.5, 0.6) is 0 Å². The number of carbonyl (C=O) groups is 1. The number of hydrogen-bond donors (Lipinski definition) is 0. The number of carbonyl (C=O) groups excluding carboxylic acids is 1. The quantitative estimate of drug-likeness (QED) is 0.458. The van der Waals surface area contributed by atoms with Crippen LogP contribution in [0.3, 0.4) is 0 Å². The molecule has 0 aliphatic carbocycles. The maximum absolute atomic E-state index is 13.0. The van der Waals surface area contributed by atoms with Gasteiger partial charge in [-0.05, 0) is 19.1 Å². The lowest BCUT2D eigenvalue weighted by atomic mass is 10.1. The fourth-order valence-corrected chi connectivity index (χ4v) is 3.96. The fourth-order valence-electron chi connectivity index (χ4n) is 3.96. The number of fused-ring (bicyclic) bond motifs is 1. The van der Waals surface area contributed by atoms with Gasteiger partial charge in [-0.3, -0.25) is 9.69 Å². The van der Waals surface area contributed by atoms with Crippen molar-refractivity contribution < 1.29 is 13.7 Å². The van der Waals surface area contributed by atoms with Gasteiger partial charge in [-0.2, -0.15) is 4.98 Å². The summed E-state index contributed by atoms with van der Waals surface area (Å²) in [6, 6.07) is 18.4. The highest BCUT2D eigenvalue weighted by Crippen LogP contribution is 2.24. The molecule has 1 aliphatic heterocycles. The SMILES string of the molecule is CC(c1nc(-c2ccccc2)no1)N1CCN(C(=O)c2cc3ccccc3oc2=O)CC1. The molecule has 4 aromatic rings. The number of rotatable bonds is 4. The molecule has 0 saturated carbocycles. The molecule has 3 heterocycles. The van der Waals surface area contributed by atoms with E-state index < -0.39 is 5.63 Å². The van der Waals surface area contributed by atoms with E-state index in [0.717, 1.165) is 10.9 Å². The number of nitrogens with zero attached hydrogens (tertiary/aromatic N) is 4. The summed E-state index contributed by atoms with van der Waals surface area (Å²) in [6.07, 6.45) is 0. The fraction of sp³-hybridized carbons (Fsp3) is 0.250. The second kappa shape index (κ2) is 8.39. The van der Waals surface area contributed by atoms with Crippen LogP contribution in [0.25, 0.3) is 22.4 Å². The van der Waals surface area contributed by atoms with E-state index in [1.165, 1.54) is 0 Å². The minimum atomic E-state index is -0.608. The van der Waals surface area contributed by atoms with Crippen LogP contribution in [-0.2, 0) is 0 Å². The van der Waals surface area contributed by atoms with Gasteiger partial charge in [0.1, 0.15) is 11.1 Å². The molecule has 8 nitrogen and oxygen atoms in total. The first-order valence-electron chi connectivity index (χ1n) is 10.6. The summed E-state index contributed by atoms with van der Waals surface area (Å²) >= 11 is 0. The first-order chi connectivity index (χ1) is 15.6. The Morgan fingerprint density at radius 1 is 1.00 bits per heavy atom. The monoisotopic (exact) mass is 430 g/mol. The zero-order valence-corrected chi connectivity index (χ0v) is 17.6. The van der Waals surface area contributed by atoms with E-state index in [4.69, 9.17) is 8.94 Å². The van der Waals surface area contributed by atoms with E-state index in [1.807, 2.05) is 49.4 Å². The predicted molar refractivity (Wildman–Crippen MR) is 118 cm³/mol. The molecule has 0 spiro atoms. The summed E-state index contributed by atoms with van der Waals surface area (Å²) in [4.78, 5) is 33.7. The van der Waals surface area contributed by atoms with Crippen molar-refractivity contribution >= 4 is 16.9 Å². The van der Waals surface area contributed by atoms with Crippen molar-refractivity contribution in [2.75, 3.05) is 26.2 Å². The molecule has 0 radical (unpaired) electrons. The van der Waals surface area contributed by atoms with E-state index in [1.54, 1.807) is 23.1 Å². The number of hydrogen-bond acceptors (Lipinski definition) is 7. The molecule has 1 amide bonds. The van der Waals surface area contributed by atoms with Crippen LogP contribution in [0.15, 0.2) is 74.4 Å². The van der Waals surface area contributed by atoms with E-state index in [0.29, 0.717) is 43.5 Å². The van der Waals surface area contributed by atoms with Crippen molar-refractivity contribution in [1.82, 2.24) is 19.9 Å². The third kappa shape index (κ3) is 3.80. The Morgan fingerprint density at radius 3 is 2.50 bits per heavy atom.